The SMILES string of the molecule is CCCC1C(C)N1C(=O)c1ccccc1. The zero-order chi connectivity index (χ0) is 10.8. The molecule has 1 aliphatic rings. The van der Waals surface area contributed by atoms with Crippen LogP contribution in [0.3, 0.4) is 0 Å². The van der Waals surface area contributed by atoms with Crippen molar-refractivity contribution >= 4 is 5.91 Å². The first-order valence-electron chi connectivity index (χ1n) is 5.63. The molecule has 2 atom stereocenters. The molecule has 2 heteroatoms. The predicted octanol–water partition coefficient (Wildman–Crippen LogP) is 2.70. The Hall–Kier alpha value is -1.31. The smallest absolute Gasteiger partial charge is 0.254 e. The van der Waals surface area contributed by atoms with Crippen molar-refractivity contribution in [2.24, 2.45) is 0 Å². The van der Waals surface area contributed by atoms with Crippen LogP contribution in [0.1, 0.15) is 37.0 Å². The minimum atomic E-state index is 0.182. The molecule has 1 amide bonds. The van der Waals surface area contributed by atoms with E-state index in [1.54, 1.807) is 0 Å². The Morgan fingerprint density at radius 2 is 2.00 bits per heavy atom. The predicted molar refractivity (Wildman–Crippen MR) is 60.8 cm³/mol. The number of carbonyl (C=O) groups is 1. The van der Waals surface area contributed by atoms with Crippen LogP contribution < -0.4 is 0 Å². The van der Waals surface area contributed by atoms with Crippen molar-refractivity contribution in [3.63, 3.8) is 0 Å². The zero-order valence-electron chi connectivity index (χ0n) is 9.31. The maximum atomic E-state index is 12.0. The standard InChI is InChI=1S/C13H17NO/c1-3-7-12-10(2)14(12)13(15)11-8-5-4-6-9-11/h4-6,8-10,12H,3,7H2,1-2H3. The van der Waals surface area contributed by atoms with E-state index in [9.17, 15) is 4.79 Å². The van der Waals surface area contributed by atoms with E-state index in [1.165, 1.54) is 0 Å². The highest BCUT2D eigenvalue weighted by Gasteiger charge is 2.46. The quantitative estimate of drug-likeness (QED) is 0.691. The van der Waals surface area contributed by atoms with Crippen LogP contribution in [0.2, 0.25) is 0 Å². The van der Waals surface area contributed by atoms with Crippen LogP contribution in [-0.4, -0.2) is 22.9 Å². The van der Waals surface area contributed by atoms with Gasteiger partial charge in [0.15, 0.2) is 0 Å². The van der Waals surface area contributed by atoms with Crippen LogP contribution in [0, 0.1) is 0 Å². The summed E-state index contributed by atoms with van der Waals surface area (Å²) in [5.41, 5.74) is 0.808. The van der Waals surface area contributed by atoms with E-state index in [0.717, 1.165) is 18.4 Å². The molecule has 1 saturated heterocycles. The molecular weight excluding hydrogens is 186 g/mol. The summed E-state index contributed by atoms with van der Waals surface area (Å²) in [6, 6.07) is 10.4. The Bertz CT molecular complexity index is 347. The Kier molecular flexibility index (Phi) is 2.76. The molecule has 1 aromatic carbocycles. The largest absolute Gasteiger partial charge is 0.329 e. The molecule has 0 N–H and O–H groups in total. The second kappa shape index (κ2) is 4.05. The second-order valence-corrected chi connectivity index (χ2v) is 4.18. The Morgan fingerprint density at radius 1 is 1.33 bits per heavy atom. The van der Waals surface area contributed by atoms with Gasteiger partial charge in [-0.1, -0.05) is 31.5 Å². The fourth-order valence-corrected chi connectivity index (χ4v) is 2.15. The average Bonchev–Trinajstić information content (AvgIpc) is 2.90. The Morgan fingerprint density at radius 3 is 2.60 bits per heavy atom. The van der Waals surface area contributed by atoms with Gasteiger partial charge < -0.3 is 4.90 Å². The van der Waals surface area contributed by atoms with Gasteiger partial charge in [0.2, 0.25) is 0 Å². The summed E-state index contributed by atoms with van der Waals surface area (Å²) in [7, 11) is 0. The van der Waals surface area contributed by atoms with Crippen LogP contribution in [0.5, 0.6) is 0 Å². The first-order valence-corrected chi connectivity index (χ1v) is 5.63. The van der Waals surface area contributed by atoms with Gasteiger partial charge in [-0.3, -0.25) is 4.79 Å². The molecule has 1 aromatic rings. The Labute approximate surface area is 90.9 Å². The monoisotopic (exact) mass is 203 g/mol. The van der Waals surface area contributed by atoms with E-state index < -0.39 is 0 Å². The first kappa shape index (κ1) is 10.2. The topological polar surface area (TPSA) is 20.1 Å². The second-order valence-electron chi connectivity index (χ2n) is 4.18. The lowest BCUT2D eigenvalue weighted by atomic mass is 10.2. The van der Waals surface area contributed by atoms with E-state index in [0.29, 0.717) is 12.1 Å². The van der Waals surface area contributed by atoms with Crippen molar-refractivity contribution in [1.82, 2.24) is 4.90 Å². The fourth-order valence-electron chi connectivity index (χ4n) is 2.15. The highest BCUT2D eigenvalue weighted by atomic mass is 16.2. The molecule has 1 fully saturated rings. The third kappa shape index (κ3) is 1.89. The molecule has 1 heterocycles. The summed E-state index contributed by atoms with van der Waals surface area (Å²) in [6.45, 7) is 4.29. The number of hydrogen-bond donors (Lipinski definition) is 0. The van der Waals surface area contributed by atoms with Crippen LogP contribution in [0.25, 0.3) is 0 Å². The van der Waals surface area contributed by atoms with E-state index in [4.69, 9.17) is 0 Å². The zero-order valence-corrected chi connectivity index (χ0v) is 9.31. The number of nitrogens with zero attached hydrogens (tertiary/aromatic N) is 1. The Balaban J connectivity index is 2.05. The summed E-state index contributed by atoms with van der Waals surface area (Å²) in [5, 5.41) is 0. The van der Waals surface area contributed by atoms with Gasteiger partial charge in [-0.05, 0) is 25.5 Å². The van der Waals surface area contributed by atoms with Gasteiger partial charge in [0, 0.05) is 5.56 Å². The minimum Gasteiger partial charge on any atom is -0.329 e. The van der Waals surface area contributed by atoms with Crippen molar-refractivity contribution in [3.8, 4) is 0 Å². The van der Waals surface area contributed by atoms with Gasteiger partial charge in [0.25, 0.3) is 5.91 Å². The molecule has 15 heavy (non-hydrogen) atoms. The lowest BCUT2D eigenvalue weighted by Gasteiger charge is -2.03. The van der Waals surface area contributed by atoms with Gasteiger partial charge in [-0.2, -0.15) is 0 Å². The highest BCUT2D eigenvalue weighted by Crippen LogP contribution is 2.33. The molecule has 1 aliphatic heterocycles. The number of carbonyl (C=O) groups excluding carboxylic acids is 1. The van der Waals surface area contributed by atoms with Crippen LogP contribution in [-0.2, 0) is 0 Å². The molecule has 0 bridgehead atoms. The van der Waals surface area contributed by atoms with Gasteiger partial charge in [0.1, 0.15) is 0 Å². The summed E-state index contributed by atoms with van der Waals surface area (Å²) < 4.78 is 0. The van der Waals surface area contributed by atoms with E-state index in [-0.39, 0.29) is 5.91 Å². The highest BCUT2D eigenvalue weighted by molar-refractivity contribution is 5.96. The van der Waals surface area contributed by atoms with Crippen LogP contribution in [0.4, 0.5) is 0 Å². The summed E-state index contributed by atoms with van der Waals surface area (Å²) in [5.74, 6) is 0.182. The van der Waals surface area contributed by atoms with E-state index in [2.05, 4.69) is 13.8 Å². The molecule has 80 valence electrons. The molecule has 0 spiro atoms. The molecule has 2 unspecified atom stereocenters. The maximum Gasteiger partial charge on any atom is 0.254 e. The maximum absolute atomic E-state index is 12.0. The molecule has 0 aliphatic carbocycles. The lowest BCUT2D eigenvalue weighted by molar-refractivity contribution is 0.0865. The number of hydrogen-bond acceptors (Lipinski definition) is 1. The molecule has 0 radical (unpaired) electrons. The third-order valence-corrected chi connectivity index (χ3v) is 3.10. The summed E-state index contributed by atoms with van der Waals surface area (Å²) >= 11 is 0. The lowest BCUT2D eigenvalue weighted by Crippen LogP contribution is -2.14. The summed E-state index contributed by atoms with van der Waals surface area (Å²) in [6.07, 6.45) is 2.27. The van der Waals surface area contributed by atoms with Crippen molar-refractivity contribution < 1.29 is 4.79 Å². The van der Waals surface area contributed by atoms with Gasteiger partial charge in [0.05, 0.1) is 12.1 Å². The van der Waals surface area contributed by atoms with E-state index in [1.807, 2.05) is 35.2 Å². The van der Waals surface area contributed by atoms with E-state index >= 15 is 0 Å². The normalized spacial score (nSPS) is 24.0. The number of amides is 1. The summed E-state index contributed by atoms with van der Waals surface area (Å²) in [4.78, 5) is 14.0. The van der Waals surface area contributed by atoms with Gasteiger partial charge >= 0.3 is 0 Å². The molecule has 2 rings (SSSR count). The molecule has 2 nitrogen and oxygen atoms in total. The van der Waals surface area contributed by atoms with Crippen molar-refractivity contribution in [3.05, 3.63) is 35.9 Å². The van der Waals surface area contributed by atoms with Crippen molar-refractivity contribution in [2.45, 2.75) is 38.8 Å². The number of benzene rings is 1. The molecular formula is C13H17NO. The minimum absolute atomic E-state index is 0.182. The van der Waals surface area contributed by atoms with Crippen molar-refractivity contribution in [2.75, 3.05) is 0 Å². The van der Waals surface area contributed by atoms with Gasteiger partial charge in [-0.15, -0.1) is 0 Å². The van der Waals surface area contributed by atoms with Crippen molar-refractivity contribution in [1.29, 1.82) is 0 Å². The average molecular weight is 203 g/mol. The first-order chi connectivity index (χ1) is 7.25. The van der Waals surface area contributed by atoms with Crippen LogP contribution >= 0.6 is 0 Å². The van der Waals surface area contributed by atoms with Gasteiger partial charge in [-0.25, -0.2) is 0 Å². The molecule has 0 saturated carbocycles. The third-order valence-electron chi connectivity index (χ3n) is 3.10. The number of rotatable bonds is 3. The molecule has 0 aromatic heterocycles. The van der Waals surface area contributed by atoms with Crippen LogP contribution in [0.15, 0.2) is 30.3 Å². The fraction of sp³-hybridized carbons (Fsp3) is 0.462.